The first kappa shape index (κ1) is 24.1. The van der Waals surface area contributed by atoms with Crippen LogP contribution in [0.15, 0.2) is 66.7 Å². The summed E-state index contributed by atoms with van der Waals surface area (Å²) in [4.78, 5) is 27.9. The Hall–Kier alpha value is -3.64. The summed E-state index contributed by atoms with van der Waals surface area (Å²) in [7, 11) is 1.95. The number of nitrogens with one attached hydrogen (secondary N) is 2. The van der Waals surface area contributed by atoms with E-state index < -0.39 is 0 Å². The van der Waals surface area contributed by atoms with Gasteiger partial charge in [0.1, 0.15) is 5.75 Å². The summed E-state index contributed by atoms with van der Waals surface area (Å²) in [5.41, 5.74) is 5.06. The highest BCUT2D eigenvalue weighted by Gasteiger charge is 2.27. The lowest BCUT2D eigenvalue weighted by Crippen LogP contribution is -2.38. The van der Waals surface area contributed by atoms with Crippen molar-refractivity contribution in [3.8, 4) is 5.75 Å². The molecule has 6 heteroatoms. The molecule has 2 fully saturated rings. The fraction of sp³-hybridized carbons (Fsp3) is 0.333. The van der Waals surface area contributed by atoms with E-state index in [0.717, 1.165) is 37.8 Å². The Morgan fingerprint density at radius 1 is 0.889 bits per heavy atom. The van der Waals surface area contributed by atoms with Crippen LogP contribution in [-0.2, 0) is 6.54 Å². The van der Waals surface area contributed by atoms with Crippen LogP contribution in [0.2, 0.25) is 0 Å². The Kier molecular flexibility index (Phi) is 7.05. The lowest BCUT2D eigenvalue weighted by atomic mass is 9.88. The highest BCUT2D eigenvalue weighted by Crippen LogP contribution is 2.44. The minimum atomic E-state index is -0.307. The van der Waals surface area contributed by atoms with Crippen molar-refractivity contribution in [2.75, 3.05) is 25.5 Å². The van der Waals surface area contributed by atoms with E-state index in [9.17, 15) is 14.7 Å². The highest BCUT2D eigenvalue weighted by atomic mass is 16.3. The van der Waals surface area contributed by atoms with Crippen LogP contribution in [0.4, 0.5) is 5.69 Å². The van der Waals surface area contributed by atoms with Crippen LogP contribution < -0.4 is 10.6 Å². The van der Waals surface area contributed by atoms with Gasteiger partial charge in [-0.25, -0.2) is 0 Å². The Morgan fingerprint density at radius 2 is 1.67 bits per heavy atom. The van der Waals surface area contributed by atoms with Gasteiger partial charge in [-0.05, 0) is 91.6 Å². The number of likely N-dealkylation sites (tertiary alicyclic amines) is 1. The second kappa shape index (κ2) is 10.5. The number of nitrogens with zero attached hydrogens (tertiary/aromatic N) is 1. The zero-order valence-electron chi connectivity index (χ0n) is 20.7. The summed E-state index contributed by atoms with van der Waals surface area (Å²) >= 11 is 0. The maximum Gasteiger partial charge on any atom is 0.255 e. The zero-order chi connectivity index (χ0) is 25.1. The molecule has 1 aliphatic heterocycles. The first-order chi connectivity index (χ1) is 17.5. The maximum atomic E-state index is 13.2. The number of hydrogen-bond acceptors (Lipinski definition) is 4. The van der Waals surface area contributed by atoms with E-state index in [1.165, 1.54) is 17.2 Å². The van der Waals surface area contributed by atoms with Crippen molar-refractivity contribution in [2.24, 2.45) is 0 Å². The average molecular weight is 484 g/mol. The largest absolute Gasteiger partial charge is 0.508 e. The number of hydrogen-bond donors (Lipinski definition) is 3. The van der Waals surface area contributed by atoms with Gasteiger partial charge >= 0.3 is 0 Å². The first-order valence-electron chi connectivity index (χ1n) is 12.8. The van der Waals surface area contributed by atoms with Crippen LogP contribution in [0.5, 0.6) is 5.75 Å². The molecule has 1 saturated heterocycles. The van der Waals surface area contributed by atoms with E-state index in [-0.39, 0.29) is 17.6 Å². The van der Waals surface area contributed by atoms with E-state index in [1.807, 2.05) is 18.0 Å². The summed E-state index contributed by atoms with van der Waals surface area (Å²) in [5.74, 6) is 0.724. The quantitative estimate of drug-likeness (QED) is 0.428. The lowest BCUT2D eigenvalue weighted by Gasteiger charge is -2.32. The van der Waals surface area contributed by atoms with E-state index in [4.69, 9.17) is 0 Å². The number of rotatable bonds is 7. The number of phenols is 1. The van der Waals surface area contributed by atoms with Gasteiger partial charge in [0.15, 0.2) is 0 Å². The molecule has 0 atom stereocenters. The van der Waals surface area contributed by atoms with Crippen molar-refractivity contribution in [1.82, 2.24) is 10.2 Å². The van der Waals surface area contributed by atoms with Crippen LogP contribution in [0, 0.1) is 0 Å². The van der Waals surface area contributed by atoms with Crippen LogP contribution in [0.25, 0.3) is 0 Å². The molecule has 2 aliphatic rings. The summed E-state index contributed by atoms with van der Waals surface area (Å²) in [5, 5.41) is 16.3. The zero-order valence-corrected chi connectivity index (χ0v) is 20.7. The Morgan fingerprint density at radius 3 is 2.39 bits per heavy atom. The minimum Gasteiger partial charge on any atom is -0.508 e. The van der Waals surface area contributed by atoms with Crippen molar-refractivity contribution in [2.45, 2.75) is 44.1 Å². The molecule has 1 saturated carbocycles. The molecule has 5 rings (SSSR count). The standard InChI is InChI=1S/C30H33N3O3/c1-31-19-20-4-2-5-23(16-20)21-12-14-33(15-13-21)30(36)25-6-3-7-26(17-25)32-29(35)24-10-11-27(22-8-9-22)28(34)18-24/h2-7,10-11,16-18,21-22,31,34H,8-9,12-15,19H2,1H3,(H,32,35). The van der Waals surface area contributed by atoms with Crippen molar-refractivity contribution in [3.05, 3.63) is 94.5 Å². The predicted octanol–water partition coefficient (Wildman–Crippen LogP) is 5.26. The smallest absolute Gasteiger partial charge is 0.255 e. The molecule has 0 radical (unpaired) electrons. The minimum absolute atomic E-state index is 0.0140. The van der Waals surface area contributed by atoms with Gasteiger partial charge in [0, 0.05) is 36.4 Å². The molecule has 3 N–H and O–H groups in total. The Bertz CT molecular complexity index is 1260. The van der Waals surface area contributed by atoms with Crippen molar-refractivity contribution >= 4 is 17.5 Å². The molecule has 186 valence electrons. The topological polar surface area (TPSA) is 81.7 Å². The molecule has 0 spiro atoms. The highest BCUT2D eigenvalue weighted by molar-refractivity contribution is 6.05. The summed E-state index contributed by atoms with van der Waals surface area (Å²) < 4.78 is 0. The molecule has 1 aliphatic carbocycles. The second-order valence-electron chi connectivity index (χ2n) is 9.92. The predicted molar refractivity (Wildman–Crippen MR) is 142 cm³/mol. The fourth-order valence-electron chi connectivity index (χ4n) is 5.12. The number of aromatic hydroxyl groups is 1. The molecule has 0 bridgehead atoms. The van der Waals surface area contributed by atoms with Crippen molar-refractivity contribution in [3.63, 3.8) is 0 Å². The average Bonchev–Trinajstić information content (AvgIpc) is 3.74. The van der Waals surface area contributed by atoms with Gasteiger partial charge in [-0.1, -0.05) is 36.4 Å². The summed E-state index contributed by atoms with van der Waals surface area (Å²) in [6.07, 6.45) is 4.04. The number of anilines is 1. The van der Waals surface area contributed by atoms with Crippen molar-refractivity contribution in [1.29, 1.82) is 0 Å². The Balaban J connectivity index is 1.20. The van der Waals surface area contributed by atoms with Crippen LogP contribution in [0.1, 0.15) is 74.9 Å². The second-order valence-corrected chi connectivity index (χ2v) is 9.92. The van der Waals surface area contributed by atoms with Gasteiger partial charge < -0.3 is 20.6 Å². The van der Waals surface area contributed by atoms with Gasteiger partial charge in [0.25, 0.3) is 11.8 Å². The van der Waals surface area contributed by atoms with E-state index in [2.05, 4.69) is 34.9 Å². The molecular weight excluding hydrogens is 450 g/mol. The van der Waals surface area contributed by atoms with Gasteiger partial charge in [0.05, 0.1) is 0 Å². The third-order valence-corrected chi connectivity index (χ3v) is 7.26. The number of benzene rings is 3. The van der Waals surface area contributed by atoms with Gasteiger partial charge in [-0.3, -0.25) is 9.59 Å². The molecule has 3 aromatic rings. The van der Waals surface area contributed by atoms with Crippen LogP contribution >= 0.6 is 0 Å². The molecule has 3 aromatic carbocycles. The van der Waals surface area contributed by atoms with Gasteiger partial charge in [-0.15, -0.1) is 0 Å². The molecule has 6 nitrogen and oxygen atoms in total. The first-order valence-corrected chi connectivity index (χ1v) is 12.8. The summed E-state index contributed by atoms with van der Waals surface area (Å²) in [6, 6.07) is 20.9. The third kappa shape index (κ3) is 5.44. The number of phenolic OH excluding ortho intramolecular Hbond substituents is 1. The molecule has 1 heterocycles. The third-order valence-electron chi connectivity index (χ3n) is 7.26. The van der Waals surface area contributed by atoms with Crippen LogP contribution in [0.3, 0.4) is 0 Å². The number of carbonyl (C=O) groups is 2. The van der Waals surface area contributed by atoms with E-state index in [0.29, 0.717) is 41.7 Å². The number of piperidine rings is 1. The monoisotopic (exact) mass is 483 g/mol. The SMILES string of the molecule is CNCc1cccc(C2CCN(C(=O)c3cccc(NC(=O)c4ccc(C5CC5)c(O)c4)c3)CC2)c1. The molecule has 0 aromatic heterocycles. The normalized spacial score (nSPS) is 16.1. The van der Waals surface area contributed by atoms with Crippen LogP contribution in [-0.4, -0.2) is 42.0 Å². The van der Waals surface area contributed by atoms with Gasteiger partial charge in [0.2, 0.25) is 0 Å². The molecule has 0 unspecified atom stereocenters. The lowest BCUT2D eigenvalue weighted by molar-refractivity contribution is 0.0712. The maximum absolute atomic E-state index is 13.2. The molecule has 2 amide bonds. The van der Waals surface area contributed by atoms with E-state index in [1.54, 1.807) is 30.3 Å². The molecule has 36 heavy (non-hydrogen) atoms. The number of carbonyl (C=O) groups excluding carboxylic acids is 2. The number of amides is 2. The molecular formula is C30H33N3O3. The summed E-state index contributed by atoms with van der Waals surface area (Å²) in [6.45, 7) is 2.27. The fourth-order valence-corrected chi connectivity index (χ4v) is 5.12. The Labute approximate surface area is 212 Å². The van der Waals surface area contributed by atoms with E-state index >= 15 is 0 Å². The van der Waals surface area contributed by atoms with Gasteiger partial charge in [-0.2, -0.15) is 0 Å². The van der Waals surface area contributed by atoms with Crippen molar-refractivity contribution < 1.29 is 14.7 Å².